The summed E-state index contributed by atoms with van der Waals surface area (Å²) in [5.41, 5.74) is -0.289. The van der Waals surface area contributed by atoms with Gasteiger partial charge in [-0.15, -0.1) is 0 Å². The van der Waals surface area contributed by atoms with E-state index in [-0.39, 0.29) is 39.0 Å². The predicted octanol–water partition coefficient (Wildman–Crippen LogP) is 11.5. The standard InChI is InChI=1S/C43H28N2/c1-2-18-32(19-3-1)45-40-27-11-10-26-39(40)44-43(45)31-17-12-16-30(28-31)41-35-21-6-8-23-37(35)42(38-24-9-7-22-36(38)41)34-25-13-15-29-14-4-5-20-33(29)34/h1-28H/i1D,2D,3D,4D,5D,6D,7D,8D,9D,13D,14D,15D,18D,19D,20D,21D,22D,23D,24D,25D. The van der Waals surface area contributed by atoms with Crippen molar-refractivity contribution in [3.8, 4) is 39.3 Å². The number of para-hydroxylation sites is 3. The number of hydrogen-bond donors (Lipinski definition) is 0. The summed E-state index contributed by atoms with van der Waals surface area (Å²) in [6.45, 7) is 0. The average molecular weight is 593 g/mol. The first-order valence-electron chi connectivity index (χ1n) is 23.8. The molecule has 1 aromatic heterocycles. The van der Waals surface area contributed by atoms with Crippen molar-refractivity contribution in [2.24, 2.45) is 0 Å². The molecule has 0 aliphatic heterocycles. The summed E-state index contributed by atoms with van der Waals surface area (Å²) in [5.74, 6) is 0.0681. The Labute approximate surface area is 289 Å². The number of hydrogen-bond acceptors (Lipinski definition) is 1. The highest BCUT2D eigenvalue weighted by atomic mass is 15.1. The maximum atomic E-state index is 9.42. The molecular weight excluding hydrogens is 544 g/mol. The molecule has 0 aliphatic rings. The van der Waals surface area contributed by atoms with Crippen LogP contribution in [0.15, 0.2) is 169 Å². The fraction of sp³-hybridized carbons (Fsp3) is 0. The Hall–Kier alpha value is -5.99. The zero-order chi connectivity index (χ0) is 47.1. The molecule has 8 aromatic carbocycles. The van der Waals surface area contributed by atoms with Gasteiger partial charge in [-0.1, -0.05) is 139 Å². The highest BCUT2D eigenvalue weighted by Crippen LogP contribution is 2.45. The molecule has 0 N–H and O–H groups in total. The van der Waals surface area contributed by atoms with Crippen LogP contribution >= 0.6 is 0 Å². The van der Waals surface area contributed by atoms with E-state index in [0.717, 1.165) is 0 Å². The van der Waals surface area contributed by atoms with Crippen LogP contribution in [0.4, 0.5) is 0 Å². The van der Waals surface area contributed by atoms with E-state index in [1.807, 2.05) is 0 Å². The molecule has 0 fully saturated rings. The lowest BCUT2D eigenvalue weighted by atomic mass is 9.84. The lowest BCUT2D eigenvalue weighted by Gasteiger charge is -2.19. The molecule has 0 saturated heterocycles. The van der Waals surface area contributed by atoms with E-state index in [4.69, 9.17) is 25.5 Å². The minimum Gasteiger partial charge on any atom is -0.292 e. The molecular formula is C43H28N2. The molecule has 0 amide bonds. The molecule has 0 bridgehead atoms. The van der Waals surface area contributed by atoms with Crippen molar-refractivity contribution in [1.82, 2.24) is 9.55 Å². The first kappa shape index (κ1) is 12.6. The molecule has 0 aliphatic carbocycles. The van der Waals surface area contributed by atoms with Crippen molar-refractivity contribution in [2.45, 2.75) is 0 Å². The van der Waals surface area contributed by atoms with Gasteiger partial charge in [0, 0.05) is 11.3 Å². The largest absolute Gasteiger partial charge is 0.292 e. The summed E-state index contributed by atoms with van der Waals surface area (Å²) in [4.78, 5) is 4.80. The van der Waals surface area contributed by atoms with E-state index in [1.54, 1.807) is 30.3 Å². The van der Waals surface area contributed by atoms with Crippen LogP contribution in [0.3, 0.4) is 0 Å². The van der Waals surface area contributed by atoms with Crippen molar-refractivity contribution in [3.05, 3.63) is 169 Å². The highest BCUT2D eigenvalue weighted by molar-refractivity contribution is 6.23. The van der Waals surface area contributed by atoms with Gasteiger partial charge in [0.15, 0.2) is 0 Å². The maximum absolute atomic E-state index is 9.42. The Morgan fingerprint density at radius 3 is 1.84 bits per heavy atom. The number of benzene rings is 8. The number of nitrogens with zero attached hydrogens (tertiary/aromatic N) is 2. The summed E-state index contributed by atoms with van der Waals surface area (Å²) >= 11 is 0. The zero-order valence-corrected chi connectivity index (χ0v) is 23.0. The van der Waals surface area contributed by atoms with E-state index >= 15 is 0 Å². The van der Waals surface area contributed by atoms with Gasteiger partial charge in [-0.25, -0.2) is 4.98 Å². The molecule has 9 rings (SSSR count). The van der Waals surface area contributed by atoms with Gasteiger partial charge in [-0.3, -0.25) is 4.57 Å². The molecule has 210 valence electrons. The fourth-order valence-electron chi connectivity index (χ4n) is 5.78. The predicted molar refractivity (Wildman–Crippen MR) is 190 cm³/mol. The monoisotopic (exact) mass is 592 g/mol. The minimum absolute atomic E-state index is 0.0681. The zero-order valence-electron chi connectivity index (χ0n) is 43.0. The highest BCUT2D eigenvalue weighted by Gasteiger charge is 2.19. The van der Waals surface area contributed by atoms with Crippen LogP contribution in [0.1, 0.15) is 27.4 Å². The Morgan fingerprint density at radius 2 is 1.09 bits per heavy atom. The van der Waals surface area contributed by atoms with E-state index in [2.05, 4.69) is 0 Å². The van der Waals surface area contributed by atoms with Gasteiger partial charge in [0.05, 0.1) is 38.4 Å². The molecule has 2 nitrogen and oxygen atoms in total. The summed E-state index contributed by atoms with van der Waals surface area (Å²) < 4.78 is 179. The quantitative estimate of drug-likeness (QED) is 0.186. The molecule has 9 aromatic rings. The third kappa shape index (κ3) is 4.07. The fourth-order valence-corrected chi connectivity index (χ4v) is 5.78. The lowest BCUT2D eigenvalue weighted by Crippen LogP contribution is -1.97. The molecule has 45 heavy (non-hydrogen) atoms. The average Bonchev–Trinajstić information content (AvgIpc) is 3.68. The maximum Gasteiger partial charge on any atom is 0.145 e. The van der Waals surface area contributed by atoms with Crippen molar-refractivity contribution in [2.75, 3.05) is 0 Å². The normalized spacial score (nSPS) is 17.8. The minimum atomic E-state index is -0.820. The van der Waals surface area contributed by atoms with Crippen molar-refractivity contribution >= 4 is 43.4 Å². The molecule has 2 heteroatoms. The second-order valence-electron chi connectivity index (χ2n) is 10.1. The summed E-state index contributed by atoms with van der Waals surface area (Å²) in [6, 6.07) is -1.48. The number of aromatic nitrogens is 2. The van der Waals surface area contributed by atoms with Gasteiger partial charge < -0.3 is 0 Å². The summed E-state index contributed by atoms with van der Waals surface area (Å²) in [6.07, 6.45) is 0. The topological polar surface area (TPSA) is 17.8 Å². The van der Waals surface area contributed by atoms with Gasteiger partial charge in [0.25, 0.3) is 0 Å². The SMILES string of the molecule is [2H]c1c([2H])c([2H])c(-n2c(-c3cccc(-c4c5c([2H])c([2H])c([2H])c([2H])c5c(-c5c([2H])c([2H])c([2H])c6c([2H])c([2H])c([2H])c([2H])c56)c5c([2H])c([2H])c([2H])c([2H])c45)c3)nc3ccccc32)c([2H])c1[2H]. The molecule has 0 unspecified atom stereocenters. The van der Waals surface area contributed by atoms with Crippen LogP contribution in [-0.2, 0) is 0 Å². The second-order valence-corrected chi connectivity index (χ2v) is 10.1. The van der Waals surface area contributed by atoms with Crippen LogP contribution in [0.25, 0.3) is 82.7 Å². The van der Waals surface area contributed by atoms with Crippen LogP contribution in [0.5, 0.6) is 0 Å². The summed E-state index contributed by atoms with van der Waals surface area (Å²) in [7, 11) is 0. The third-order valence-electron chi connectivity index (χ3n) is 7.62. The third-order valence-corrected chi connectivity index (χ3v) is 7.62. The van der Waals surface area contributed by atoms with Crippen molar-refractivity contribution in [3.63, 3.8) is 0 Å². The first-order valence-corrected chi connectivity index (χ1v) is 13.8. The molecule has 0 radical (unpaired) electrons. The van der Waals surface area contributed by atoms with E-state index < -0.39 is 154 Å². The molecule has 1 heterocycles. The Balaban J connectivity index is 1.52. The van der Waals surface area contributed by atoms with Crippen molar-refractivity contribution in [1.29, 1.82) is 0 Å². The first-order chi connectivity index (χ1) is 30.6. The Morgan fingerprint density at radius 1 is 0.489 bits per heavy atom. The van der Waals surface area contributed by atoms with E-state index in [0.29, 0.717) is 11.0 Å². The van der Waals surface area contributed by atoms with Crippen LogP contribution in [0, 0.1) is 0 Å². The van der Waals surface area contributed by atoms with E-state index in [9.17, 15) is 6.85 Å². The van der Waals surface area contributed by atoms with Crippen molar-refractivity contribution < 1.29 is 27.4 Å². The molecule has 0 atom stereocenters. The number of imidazole rings is 1. The Kier molecular flexibility index (Phi) is 2.88. The van der Waals surface area contributed by atoms with Gasteiger partial charge in [-0.2, -0.15) is 0 Å². The van der Waals surface area contributed by atoms with Crippen LogP contribution < -0.4 is 0 Å². The Bertz CT molecular complexity index is 3560. The number of fused-ring (bicyclic) bond motifs is 4. The van der Waals surface area contributed by atoms with Crippen LogP contribution in [-0.4, -0.2) is 9.55 Å². The van der Waals surface area contributed by atoms with Gasteiger partial charge in [0.2, 0.25) is 0 Å². The molecule has 0 saturated carbocycles. The smallest absolute Gasteiger partial charge is 0.145 e. The summed E-state index contributed by atoms with van der Waals surface area (Å²) in [5, 5.41) is -2.46. The lowest BCUT2D eigenvalue weighted by molar-refractivity contribution is 1.10. The molecule has 0 spiro atoms. The van der Waals surface area contributed by atoms with Gasteiger partial charge >= 0.3 is 0 Å². The van der Waals surface area contributed by atoms with Gasteiger partial charge in [-0.05, 0) is 84.9 Å². The number of rotatable bonds is 4. The van der Waals surface area contributed by atoms with E-state index in [1.165, 1.54) is 22.8 Å². The van der Waals surface area contributed by atoms with Gasteiger partial charge in [0.1, 0.15) is 5.82 Å². The second kappa shape index (κ2) is 10.3. The van der Waals surface area contributed by atoms with Crippen LogP contribution in [0.2, 0.25) is 0 Å².